The zero-order chi connectivity index (χ0) is 13.5. The van der Waals surface area contributed by atoms with Gasteiger partial charge in [0.05, 0.1) is 6.61 Å². The Morgan fingerprint density at radius 3 is 2.83 bits per heavy atom. The van der Waals surface area contributed by atoms with Crippen LogP contribution < -0.4 is 11.1 Å². The van der Waals surface area contributed by atoms with Gasteiger partial charge in [-0.05, 0) is 18.2 Å². The van der Waals surface area contributed by atoms with Crippen LogP contribution in [-0.2, 0) is 4.74 Å². The molecule has 0 aromatic heterocycles. The van der Waals surface area contributed by atoms with Gasteiger partial charge in [0.2, 0.25) is 0 Å². The van der Waals surface area contributed by atoms with Crippen LogP contribution in [0.3, 0.4) is 0 Å². The second-order valence-corrected chi connectivity index (χ2v) is 4.32. The first-order valence-electron chi connectivity index (χ1n) is 5.20. The number of thiocarbonyl (C=S) groups is 1. The number of nitrogens with one attached hydrogen (secondary N) is 1. The van der Waals surface area contributed by atoms with Gasteiger partial charge in [0.1, 0.15) is 11.6 Å². The second kappa shape index (κ2) is 7.45. The number of nitrogens with two attached hydrogens (primary N) is 1. The Hall–Kier alpha value is -0.980. The van der Waals surface area contributed by atoms with Crippen LogP contribution in [0.25, 0.3) is 0 Å². The first-order chi connectivity index (χ1) is 8.50. The highest BCUT2D eigenvalue weighted by molar-refractivity contribution is 7.80. The van der Waals surface area contributed by atoms with Crippen LogP contribution in [0.2, 0.25) is 5.02 Å². The second-order valence-electron chi connectivity index (χ2n) is 3.45. The smallest absolute Gasteiger partial charge is 0.261 e. The van der Waals surface area contributed by atoms with Crippen molar-refractivity contribution in [3.05, 3.63) is 28.8 Å². The van der Waals surface area contributed by atoms with E-state index in [-0.39, 0.29) is 11.6 Å². The Morgan fingerprint density at radius 2 is 2.22 bits per heavy atom. The zero-order valence-electron chi connectivity index (χ0n) is 9.46. The van der Waals surface area contributed by atoms with Crippen LogP contribution in [-0.4, -0.2) is 31.2 Å². The Morgan fingerprint density at radius 1 is 1.50 bits per heavy atom. The van der Waals surface area contributed by atoms with E-state index in [9.17, 15) is 8.78 Å². The number of hydrogen-bond donors (Lipinski definition) is 2. The molecule has 0 fully saturated rings. The number of anilines is 1. The van der Waals surface area contributed by atoms with E-state index in [0.717, 1.165) is 0 Å². The van der Waals surface area contributed by atoms with Crippen LogP contribution in [0.15, 0.2) is 18.2 Å². The minimum Gasteiger partial charge on any atom is -0.389 e. The molecule has 100 valence electrons. The molecule has 0 saturated heterocycles. The Kier molecular flexibility index (Phi) is 6.24. The minimum atomic E-state index is -2.46. The van der Waals surface area contributed by atoms with Crippen LogP contribution in [0.4, 0.5) is 14.5 Å². The van der Waals surface area contributed by atoms with Gasteiger partial charge in [-0.1, -0.05) is 23.8 Å². The molecule has 0 heterocycles. The molecule has 0 aliphatic rings. The highest BCUT2D eigenvalue weighted by atomic mass is 35.5. The Balaban J connectivity index is 2.50. The normalized spacial score (nSPS) is 10.7. The zero-order valence-corrected chi connectivity index (χ0v) is 11.0. The van der Waals surface area contributed by atoms with Gasteiger partial charge >= 0.3 is 0 Å². The first kappa shape index (κ1) is 15.1. The highest BCUT2D eigenvalue weighted by Crippen LogP contribution is 2.20. The van der Waals surface area contributed by atoms with Gasteiger partial charge in [-0.3, -0.25) is 0 Å². The summed E-state index contributed by atoms with van der Waals surface area (Å²) in [6.45, 7) is -0.0459. The predicted molar refractivity (Wildman–Crippen MR) is 72.7 cm³/mol. The van der Waals surface area contributed by atoms with Crippen molar-refractivity contribution in [3.8, 4) is 0 Å². The third-order valence-electron chi connectivity index (χ3n) is 2.05. The Bertz CT molecular complexity index is 418. The standard InChI is InChI=1S/C11H13ClF2N2OS/c12-7-1-2-8(11(15)18)9(5-7)16-3-4-17-6-10(13)14/h1-2,5,10,16H,3-4,6H2,(H2,15,18). The minimum absolute atomic E-state index is 0.160. The molecular formula is C11H13ClF2N2OS. The summed E-state index contributed by atoms with van der Waals surface area (Å²) < 4.78 is 28.4. The van der Waals surface area contributed by atoms with Crippen molar-refractivity contribution < 1.29 is 13.5 Å². The van der Waals surface area contributed by atoms with Crippen LogP contribution in [0.1, 0.15) is 5.56 Å². The average molecular weight is 295 g/mol. The Labute approximate surface area is 114 Å². The predicted octanol–water partition coefficient (Wildman–Crippen LogP) is 2.67. The fourth-order valence-corrected chi connectivity index (χ4v) is 1.66. The molecule has 1 aromatic rings. The number of benzene rings is 1. The van der Waals surface area contributed by atoms with Crippen molar-refractivity contribution in [1.82, 2.24) is 0 Å². The molecule has 0 bridgehead atoms. The summed E-state index contributed by atoms with van der Waals surface area (Å²) in [5.41, 5.74) is 6.87. The lowest BCUT2D eigenvalue weighted by Crippen LogP contribution is -2.17. The average Bonchev–Trinajstić information content (AvgIpc) is 2.27. The van der Waals surface area contributed by atoms with E-state index in [1.807, 2.05) is 0 Å². The van der Waals surface area contributed by atoms with Crippen molar-refractivity contribution in [3.63, 3.8) is 0 Å². The summed E-state index contributed by atoms with van der Waals surface area (Å²) in [5.74, 6) is 0. The molecule has 1 aromatic carbocycles. The molecule has 3 N–H and O–H groups in total. The maximum Gasteiger partial charge on any atom is 0.261 e. The molecular weight excluding hydrogens is 282 g/mol. The highest BCUT2D eigenvalue weighted by Gasteiger charge is 2.06. The number of hydrogen-bond acceptors (Lipinski definition) is 3. The fraction of sp³-hybridized carbons (Fsp3) is 0.364. The molecule has 0 aliphatic carbocycles. The van der Waals surface area contributed by atoms with Crippen LogP contribution in [0.5, 0.6) is 0 Å². The van der Waals surface area contributed by atoms with Gasteiger partial charge in [-0.15, -0.1) is 0 Å². The van der Waals surface area contributed by atoms with Crippen molar-refractivity contribution in [2.45, 2.75) is 6.43 Å². The fourth-order valence-electron chi connectivity index (χ4n) is 1.31. The van der Waals surface area contributed by atoms with Gasteiger partial charge in [-0.2, -0.15) is 0 Å². The monoisotopic (exact) mass is 294 g/mol. The maximum atomic E-state index is 11.8. The van der Waals surface area contributed by atoms with E-state index in [0.29, 0.717) is 22.8 Å². The lowest BCUT2D eigenvalue weighted by atomic mass is 10.2. The van der Waals surface area contributed by atoms with Gasteiger partial charge in [0.15, 0.2) is 0 Å². The van der Waals surface area contributed by atoms with Crippen molar-refractivity contribution in [2.75, 3.05) is 25.1 Å². The lowest BCUT2D eigenvalue weighted by molar-refractivity contribution is 0.0215. The molecule has 0 aliphatic heterocycles. The number of halogens is 3. The lowest BCUT2D eigenvalue weighted by Gasteiger charge is -2.11. The molecule has 18 heavy (non-hydrogen) atoms. The van der Waals surface area contributed by atoms with E-state index in [1.165, 1.54) is 0 Å². The molecule has 3 nitrogen and oxygen atoms in total. The molecule has 0 saturated carbocycles. The number of rotatable bonds is 7. The van der Waals surface area contributed by atoms with Gasteiger partial charge < -0.3 is 15.8 Å². The summed E-state index contributed by atoms with van der Waals surface area (Å²) in [6.07, 6.45) is -2.46. The third kappa shape index (κ3) is 5.12. The first-order valence-corrected chi connectivity index (χ1v) is 5.98. The van der Waals surface area contributed by atoms with Crippen LogP contribution in [0, 0.1) is 0 Å². The molecule has 0 amide bonds. The quantitative estimate of drug-likeness (QED) is 0.599. The molecule has 1 rings (SSSR count). The van der Waals surface area contributed by atoms with E-state index >= 15 is 0 Å². The van der Waals surface area contributed by atoms with Crippen molar-refractivity contribution in [1.29, 1.82) is 0 Å². The van der Waals surface area contributed by atoms with Gasteiger partial charge in [0.25, 0.3) is 6.43 Å². The molecule has 0 unspecified atom stereocenters. The van der Waals surface area contributed by atoms with Crippen molar-refractivity contribution >= 4 is 34.5 Å². The van der Waals surface area contributed by atoms with E-state index in [4.69, 9.17) is 34.3 Å². The molecule has 0 atom stereocenters. The SMILES string of the molecule is NC(=S)c1ccc(Cl)cc1NCCOCC(F)F. The van der Waals surface area contributed by atoms with E-state index in [1.54, 1.807) is 18.2 Å². The largest absolute Gasteiger partial charge is 0.389 e. The number of alkyl halides is 2. The van der Waals surface area contributed by atoms with E-state index < -0.39 is 13.0 Å². The van der Waals surface area contributed by atoms with Crippen LogP contribution >= 0.6 is 23.8 Å². The summed E-state index contributed by atoms with van der Waals surface area (Å²) in [6, 6.07) is 5.05. The van der Waals surface area contributed by atoms with Gasteiger partial charge in [-0.25, -0.2) is 8.78 Å². The molecule has 0 radical (unpaired) electrons. The number of ether oxygens (including phenoxy) is 1. The van der Waals surface area contributed by atoms with Gasteiger partial charge in [0, 0.05) is 22.8 Å². The van der Waals surface area contributed by atoms with E-state index in [2.05, 4.69) is 5.32 Å². The maximum absolute atomic E-state index is 11.8. The summed E-state index contributed by atoms with van der Waals surface area (Å²) in [5, 5.41) is 3.52. The third-order valence-corrected chi connectivity index (χ3v) is 2.51. The summed E-state index contributed by atoms with van der Waals surface area (Å²) in [4.78, 5) is 0.239. The summed E-state index contributed by atoms with van der Waals surface area (Å²) >= 11 is 10.7. The topological polar surface area (TPSA) is 47.3 Å². The summed E-state index contributed by atoms with van der Waals surface area (Å²) in [7, 11) is 0. The van der Waals surface area contributed by atoms with Crippen molar-refractivity contribution in [2.24, 2.45) is 5.73 Å². The molecule has 0 spiro atoms. The molecule has 7 heteroatoms.